The van der Waals surface area contributed by atoms with E-state index in [1.54, 1.807) is 6.92 Å². The number of rotatable bonds is 3. The van der Waals surface area contributed by atoms with Gasteiger partial charge in [-0.25, -0.2) is 4.39 Å². The highest BCUT2D eigenvalue weighted by atomic mass is 19.1. The third-order valence-corrected chi connectivity index (χ3v) is 4.19. The second-order valence-electron chi connectivity index (χ2n) is 5.57. The van der Waals surface area contributed by atoms with Gasteiger partial charge in [0, 0.05) is 23.3 Å². The summed E-state index contributed by atoms with van der Waals surface area (Å²) in [6.07, 6.45) is 3.33. The molecule has 2 rings (SSSR count). The van der Waals surface area contributed by atoms with E-state index in [9.17, 15) is 9.18 Å². The molecule has 1 aliphatic rings. The van der Waals surface area contributed by atoms with Crippen molar-refractivity contribution in [2.45, 2.75) is 59.0 Å². The van der Waals surface area contributed by atoms with E-state index in [2.05, 4.69) is 18.7 Å². The quantitative estimate of drug-likeness (QED) is 0.765. The van der Waals surface area contributed by atoms with Crippen LogP contribution in [0.5, 0.6) is 0 Å². The fraction of sp³-hybridized carbons (Fsp3) is 0.562. The number of benzene rings is 1. The van der Waals surface area contributed by atoms with Gasteiger partial charge < -0.3 is 4.90 Å². The van der Waals surface area contributed by atoms with Crippen molar-refractivity contribution in [3.63, 3.8) is 0 Å². The summed E-state index contributed by atoms with van der Waals surface area (Å²) in [5.74, 6) is -0.364. The number of anilines is 1. The molecule has 0 spiro atoms. The summed E-state index contributed by atoms with van der Waals surface area (Å²) in [5, 5.41) is 0. The summed E-state index contributed by atoms with van der Waals surface area (Å²) in [7, 11) is 0. The van der Waals surface area contributed by atoms with E-state index in [4.69, 9.17) is 0 Å². The molecule has 0 radical (unpaired) electrons. The SMILES string of the molecule is CCC1CCC(C)N1c1cc(C)c(F)cc1C(C)=O. The van der Waals surface area contributed by atoms with Gasteiger partial charge in [0.15, 0.2) is 5.78 Å². The van der Waals surface area contributed by atoms with E-state index in [-0.39, 0.29) is 11.6 Å². The average Bonchev–Trinajstić information content (AvgIpc) is 2.73. The lowest BCUT2D eigenvalue weighted by atomic mass is 10.0. The van der Waals surface area contributed by atoms with E-state index in [0.29, 0.717) is 23.2 Å². The van der Waals surface area contributed by atoms with E-state index in [0.717, 1.165) is 24.9 Å². The molecule has 2 atom stereocenters. The van der Waals surface area contributed by atoms with Gasteiger partial charge in [0.05, 0.1) is 0 Å². The van der Waals surface area contributed by atoms with Crippen molar-refractivity contribution < 1.29 is 9.18 Å². The number of hydrogen-bond donors (Lipinski definition) is 0. The fourth-order valence-corrected chi connectivity index (χ4v) is 3.07. The van der Waals surface area contributed by atoms with Gasteiger partial charge in [-0.15, -0.1) is 0 Å². The number of nitrogens with zero attached hydrogens (tertiary/aromatic N) is 1. The largest absolute Gasteiger partial charge is 0.365 e. The van der Waals surface area contributed by atoms with Crippen molar-refractivity contribution in [1.29, 1.82) is 0 Å². The molecule has 0 bridgehead atoms. The molecule has 1 aromatic carbocycles. The molecule has 1 saturated heterocycles. The zero-order valence-electron chi connectivity index (χ0n) is 12.2. The Hall–Kier alpha value is -1.38. The molecule has 0 aliphatic carbocycles. The molecular weight excluding hydrogens is 241 g/mol. The van der Waals surface area contributed by atoms with Crippen molar-refractivity contribution in [3.8, 4) is 0 Å². The lowest BCUT2D eigenvalue weighted by molar-refractivity contribution is 0.101. The molecular formula is C16H22FNO. The van der Waals surface area contributed by atoms with Crippen molar-refractivity contribution in [1.82, 2.24) is 0 Å². The summed E-state index contributed by atoms with van der Waals surface area (Å²) in [6.45, 7) is 7.61. The number of aryl methyl sites for hydroxylation is 1. The molecule has 1 heterocycles. The van der Waals surface area contributed by atoms with Gasteiger partial charge in [0.25, 0.3) is 0 Å². The van der Waals surface area contributed by atoms with Crippen LogP contribution in [0.1, 0.15) is 56.0 Å². The Morgan fingerprint density at radius 1 is 1.42 bits per heavy atom. The van der Waals surface area contributed by atoms with Gasteiger partial charge in [-0.2, -0.15) is 0 Å². The summed E-state index contributed by atoms with van der Waals surface area (Å²) in [4.78, 5) is 14.1. The van der Waals surface area contributed by atoms with E-state index < -0.39 is 0 Å². The van der Waals surface area contributed by atoms with E-state index >= 15 is 0 Å². The highest BCUT2D eigenvalue weighted by Crippen LogP contribution is 2.35. The first-order chi connectivity index (χ1) is 8.95. The van der Waals surface area contributed by atoms with Crippen LogP contribution in [0.2, 0.25) is 0 Å². The Bertz CT molecular complexity index is 498. The van der Waals surface area contributed by atoms with Crippen molar-refractivity contribution in [3.05, 3.63) is 29.1 Å². The molecule has 1 aliphatic heterocycles. The van der Waals surface area contributed by atoms with Crippen LogP contribution in [-0.4, -0.2) is 17.9 Å². The lowest BCUT2D eigenvalue weighted by Gasteiger charge is -2.32. The van der Waals surface area contributed by atoms with Gasteiger partial charge in [-0.1, -0.05) is 6.92 Å². The van der Waals surface area contributed by atoms with Crippen molar-refractivity contribution in [2.24, 2.45) is 0 Å². The Kier molecular flexibility index (Phi) is 3.93. The fourth-order valence-electron chi connectivity index (χ4n) is 3.07. The topological polar surface area (TPSA) is 20.3 Å². The molecule has 3 heteroatoms. The number of carbonyl (C=O) groups is 1. The van der Waals surface area contributed by atoms with E-state index in [1.807, 2.05) is 6.07 Å². The predicted molar refractivity (Wildman–Crippen MR) is 76.4 cm³/mol. The summed E-state index contributed by atoms with van der Waals surface area (Å²) in [5.41, 5.74) is 2.02. The highest BCUT2D eigenvalue weighted by molar-refractivity contribution is 6.00. The molecule has 2 nitrogen and oxygen atoms in total. The Balaban J connectivity index is 2.54. The minimum atomic E-state index is -0.297. The second kappa shape index (κ2) is 5.32. The van der Waals surface area contributed by atoms with Crippen LogP contribution in [0.15, 0.2) is 12.1 Å². The first-order valence-electron chi connectivity index (χ1n) is 7.05. The molecule has 0 N–H and O–H groups in total. The first-order valence-corrected chi connectivity index (χ1v) is 7.05. The number of halogens is 1. The highest BCUT2D eigenvalue weighted by Gasteiger charge is 2.31. The average molecular weight is 263 g/mol. The van der Waals surface area contributed by atoms with Gasteiger partial charge in [-0.3, -0.25) is 4.79 Å². The Labute approximate surface area is 114 Å². The van der Waals surface area contributed by atoms with Crippen molar-refractivity contribution in [2.75, 3.05) is 4.90 Å². The zero-order chi connectivity index (χ0) is 14.2. The summed E-state index contributed by atoms with van der Waals surface area (Å²) in [6, 6.07) is 4.09. The van der Waals surface area contributed by atoms with Gasteiger partial charge >= 0.3 is 0 Å². The van der Waals surface area contributed by atoms with Crippen LogP contribution < -0.4 is 4.90 Å². The minimum absolute atomic E-state index is 0.0668. The number of hydrogen-bond acceptors (Lipinski definition) is 2. The van der Waals surface area contributed by atoms with Crippen LogP contribution in [0.4, 0.5) is 10.1 Å². The molecule has 0 amide bonds. The molecule has 0 aromatic heterocycles. The lowest BCUT2D eigenvalue weighted by Crippen LogP contribution is -2.35. The third kappa shape index (κ3) is 2.51. The molecule has 104 valence electrons. The van der Waals surface area contributed by atoms with E-state index in [1.165, 1.54) is 13.0 Å². The molecule has 1 aromatic rings. The Morgan fingerprint density at radius 3 is 2.68 bits per heavy atom. The maximum absolute atomic E-state index is 13.7. The first kappa shape index (κ1) is 14.0. The zero-order valence-corrected chi connectivity index (χ0v) is 12.2. The monoisotopic (exact) mass is 263 g/mol. The molecule has 1 fully saturated rings. The second-order valence-corrected chi connectivity index (χ2v) is 5.57. The molecule has 0 saturated carbocycles. The van der Waals surface area contributed by atoms with Crippen LogP contribution in [0.25, 0.3) is 0 Å². The predicted octanol–water partition coefficient (Wildman–Crippen LogP) is 4.10. The van der Waals surface area contributed by atoms with Gasteiger partial charge in [0.2, 0.25) is 0 Å². The minimum Gasteiger partial charge on any atom is -0.365 e. The van der Waals surface area contributed by atoms with Crippen molar-refractivity contribution >= 4 is 11.5 Å². The van der Waals surface area contributed by atoms with Crippen LogP contribution in [0, 0.1) is 12.7 Å². The number of Topliss-reactive ketones (excluding diaryl/α,β-unsaturated/α-hetero) is 1. The molecule has 2 unspecified atom stereocenters. The maximum atomic E-state index is 13.7. The number of carbonyl (C=O) groups excluding carboxylic acids is 1. The summed E-state index contributed by atoms with van der Waals surface area (Å²) >= 11 is 0. The smallest absolute Gasteiger partial charge is 0.161 e. The van der Waals surface area contributed by atoms with Gasteiger partial charge in [0.1, 0.15) is 5.82 Å². The van der Waals surface area contributed by atoms with Crippen LogP contribution >= 0.6 is 0 Å². The maximum Gasteiger partial charge on any atom is 0.161 e. The standard InChI is InChI=1S/C16H22FNO/c1-5-13-7-6-11(3)18(13)16-8-10(2)15(17)9-14(16)12(4)19/h8-9,11,13H,5-7H2,1-4H3. The normalized spacial score (nSPS) is 22.9. The Morgan fingerprint density at radius 2 is 2.11 bits per heavy atom. The van der Waals surface area contributed by atoms with Crippen LogP contribution in [-0.2, 0) is 0 Å². The van der Waals surface area contributed by atoms with Gasteiger partial charge in [-0.05, 0) is 57.7 Å². The van der Waals surface area contributed by atoms with Crippen LogP contribution in [0.3, 0.4) is 0 Å². The summed E-state index contributed by atoms with van der Waals surface area (Å²) < 4.78 is 13.7. The number of ketones is 1. The third-order valence-electron chi connectivity index (χ3n) is 4.19. The molecule has 19 heavy (non-hydrogen) atoms.